The Balaban J connectivity index is 2.57. The molecule has 0 radical (unpaired) electrons. The second kappa shape index (κ2) is 4.75. The first-order chi connectivity index (χ1) is 6.47. The van der Waals surface area contributed by atoms with E-state index >= 15 is 0 Å². The normalized spacial score (nSPS) is 12.3. The summed E-state index contributed by atoms with van der Waals surface area (Å²) in [4.78, 5) is 0. The Hall–Kier alpha value is -0.610. The molecule has 0 amide bonds. The van der Waals surface area contributed by atoms with Crippen LogP contribution in [-0.4, -0.2) is 5.51 Å². The Labute approximate surface area is 88.8 Å². The van der Waals surface area contributed by atoms with Gasteiger partial charge in [-0.05, 0) is 40.9 Å². The molecule has 0 saturated carbocycles. The second-order valence-electron chi connectivity index (χ2n) is 2.42. The molecular weight excluding hydrogens is 233 g/mol. The Bertz CT molecular complexity index is 316. The first-order valence-corrected chi connectivity index (χ1v) is 4.90. The van der Waals surface area contributed by atoms with E-state index in [0.29, 0.717) is 10.6 Å². The number of thioether (sulfide) groups is 1. The monoisotopic (exact) mass is 238 g/mol. The van der Waals surface area contributed by atoms with Crippen LogP contribution in [0.1, 0.15) is 5.56 Å². The number of rotatable bonds is 2. The maximum Gasteiger partial charge on any atom is 0.445 e. The number of hydrogen-bond acceptors (Lipinski definition) is 1. The minimum absolute atomic E-state index is 0.181. The van der Waals surface area contributed by atoms with Crippen molar-refractivity contribution >= 4 is 29.4 Å². The van der Waals surface area contributed by atoms with Gasteiger partial charge in [-0.1, -0.05) is 23.7 Å². The van der Waals surface area contributed by atoms with E-state index in [1.807, 2.05) is 0 Å². The third kappa shape index (κ3) is 4.58. The Kier molecular flexibility index (Phi) is 3.89. The molecule has 0 heterocycles. The van der Waals surface area contributed by atoms with Gasteiger partial charge in [0.2, 0.25) is 0 Å². The van der Waals surface area contributed by atoms with Gasteiger partial charge in [0, 0.05) is 5.02 Å². The predicted molar refractivity (Wildman–Crippen MR) is 54.1 cm³/mol. The van der Waals surface area contributed by atoms with Crippen molar-refractivity contribution in [3.63, 3.8) is 0 Å². The van der Waals surface area contributed by atoms with E-state index in [0.717, 1.165) is 5.41 Å². The number of alkyl halides is 3. The van der Waals surface area contributed by atoms with Crippen LogP contribution in [0.2, 0.25) is 5.02 Å². The van der Waals surface area contributed by atoms with Gasteiger partial charge in [0.15, 0.2) is 0 Å². The molecule has 0 unspecified atom stereocenters. The third-order valence-corrected chi connectivity index (χ3v) is 2.12. The highest BCUT2D eigenvalue weighted by Crippen LogP contribution is 2.31. The Morgan fingerprint density at radius 1 is 1.14 bits per heavy atom. The average Bonchev–Trinajstić information content (AvgIpc) is 2.06. The molecule has 0 aliphatic heterocycles. The van der Waals surface area contributed by atoms with Gasteiger partial charge < -0.3 is 0 Å². The lowest BCUT2D eigenvalue weighted by Gasteiger charge is -1.99. The lowest BCUT2D eigenvalue weighted by molar-refractivity contribution is -0.0319. The maximum atomic E-state index is 11.7. The van der Waals surface area contributed by atoms with Gasteiger partial charge in [-0.15, -0.1) is 0 Å². The fourth-order valence-corrected chi connectivity index (χ4v) is 1.27. The lowest BCUT2D eigenvalue weighted by atomic mass is 10.2. The number of halogens is 4. The van der Waals surface area contributed by atoms with Crippen molar-refractivity contribution in [2.45, 2.75) is 5.51 Å². The van der Waals surface area contributed by atoms with Crippen LogP contribution >= 0.6 is 23.4 Å². The second-order valence-corrected chi connectivity index (χ2v) is 3.83. The highest BCUT2D eigenvalue weighted by molar-refractivity contribution is 8.03. The predicted octanol–water partition coefficient (Wildman–Crippen LogP) is 4.56. The SMILES string of the molecule is FC(F)(F)SC=Cc1ccc(Cl)cc1. The quantitative estimate of drug-likeness (QED) is 0.728. The van der Waals surface area contributed by atoms with Gasteiger partial charge in [-0.25, -0.2) is 0 Å². The summed E-state index contributed by atoms with van der Waals surface area (Å²) in [6.45, 7) is 0. The summed E-state index contributed by atoms with van der Waals surface area (Å²) in [5, 5.41) is 1.56. The van der Waals surface area contributed by atoms with E-state index in [1.54, 1.807) is 24.3 Å². The molecular formula is C9H6ClF3S. The summed E-state index contributed by atoms with van der Waals surface area (Å²) >= 11 is 5.43. The number of benzene rings is 1. The van der Waals surface area contributed by atoms with E-state index < -0.39 is 5.51 Å². The minimum atomic E-state index is -4.22. The Morgan fingerprint density at radius 3 is 2.21 bits per heavy atom. The molecule has 0 nitrogen and oxygen atoms in total. The summed E-state index contributed by atoms with van der Waals surface area (Å²) < 4.78 is 35.1. The van der Waals surface area contributed by atoms with Crippen molar-refractivity contribution in [3.8, 4) is 0 Å². The number of hydrogen-bond donors (Lipinski definition) is 0. The molecule has 76 valence electrons. The molecule has 1 rings (SSSR count). The van der Waals surface area contributed by atoms with Gasteiger partial charge in [-0.3, -0.25) is 0 Å². The zero-order valence-electron chi connectivity index (χ0n) is 6.88. The molecule has 0 fully saturated rings. The van der Waals surface area contributed by atoms with Crippen molar-refractivity contribution in [2.24, 2.45) is 0 Å². The molecule has 1 aromatic rings. The van der Waals surface area contributed by atoms with E-state index in [-0.39, 0.29) is 11.8 Å². The van der Waals surface area contributed by atoms with E-state index in [2.05, 4.69) is 0 Å². The summed E-state index contributed by atoms with van der Waals surface area (Å²) in [7, 11) is 0. The van der Waals surface area contributed by atoms with Crippen molar-refractivity contribution in [3.05, 3.63) is 40.3 Å². The summed E-state index contributed by atoms with van der Waals surface area (Å²) in [5.74, 6) is 0. The molecule has 0 saturated heterocycles. The van der Waals surface area contributed by atoms with Crippen LogP contribution in [0.5, 0.6) is 0 Å². The fourth-order valence-electron chi connectivity index (χ4n) is 0.764. The highest BCUT2D eigenvalue weighted by Gasteiger charge is 2.26. The topological polar surface area (TPSA) is 0 Å². The average molecular weight is 239 g/mol. The van der Waals surface area contributed by atoms with Crippen LogP contribution < -0.4 is 0 Å². The van der Waals surface area contributed by atoms with Crippen LogP contribution in [0.4, 0.5) is 13.2 Å². The van der Waals surface area contributed by atoms with Crippen molar-refractivity contribution in [2.75, 3.05) is 0 Å². The third-order valence-electron chi connectivity index (χ3n) is 1.33. The molecule has 0 bridgehead atoms. The van der Waals surface area contributed by atoms with Crippen molar-refractivity contribution in [1.29, 1.82) is 0 Å². The van der Waals surface area contributed by atoms with E-state index in [4.69, 9.17) is 11.6 Å². The first kappa shape index (κ1) is 11.5. The summed E-state index contributed by atoms with van der Waals surface area (Å²) in [6.07, 6.45) is 1.38. The van der Waals surface area contributed by atoms with Crippen LogP contribution in [0.15, 0.2) is 29.7 Å². The molecule has 0 aliphatic carbocycles. The van der Waals surface area contributed by atoms with Crippen LogP contribution in [0.3, 0.4) is 0 Å². The molecule has 0 N–H and O–H groups in total. The van der Waals surface area contributed by atoms with Gasteiger partial charge in [0.1, 0.15) is 0 Å². The highest BCUT2D eigenvalue weighted by atomic mass is 35.5. The molecule has 0 aromatic heterocycles. The van der Waals surface area contributed by atoms with Gasteiger partial charge in [-0.2, -0.15) is 13.2 Å². The molecule has 14 heavy (non-hydrogen) atoms. The Morgan fingerprint density at radius 2 is 1.71 bits per heavy atom. The van der Waals surface area contributed by atoms with Crippen molar-refractivity contribution < 1.29 is 13.2 Å². The largest absolute Gasteiger partial charge is 0.445 e. The molecule has 5 heteroatoms. The van der Waals surface area contributed by atoms with E-state index in [9.17, 15) is 13.2 Å². The molecule has 1 aromatic carbocycles. The van der Waals surface area contributed by atoms with Gasteiger partial charge in [0.05, 0.1) is 0 Å². The summed E-state index contributed by atoms with van der Waals surface area (Å²) in [5.41, 5.74) is -3.53. The first-order valence-electron chi connectivity index (χ1n) is 3.64. The maximum absolute atomic E-state index is 11.7. The smallest absolute Gasteiger partial charge is 0.160 e. The zero-order valence-corrected chi connectivity index (χ0v) is 8.46. The van der Waals surface area contributed by atoms with Gasteiger partial charge in [0.25, 0.3) is 0 Å². The zero-order chi connectivity index (χ0) is 10.6. The minimum Gasteiger partial charge on any atom is -0.160 e. The summed E-state index contributed by atoms with van der Waals surface area (Å²) in [6, 6.07) is 6.55. The van der Waals surface area contributed by atoms with E-state index in [1.165, 1.54) is 6.08 Å². The molecule has 0 aliphatic rings. The van der Waals surface area contributed by atoms with Crippen LogP contribution in [0.25, 0.3) is 6.08 Å². The molecule has 0 spiro atoms. The van der Waals surface area contributed by atoms with Gasteiger partial charge >= 0.3 is 5.51 Å². The lowest BCUT2D eigenvalue weighted by Crippen LogP contribution is -1.96. The molecule has 0 atom stereocenters. The van der Waals surface area contributed by atoms with Crippen molar-refractivity contribution in [1.82, 2.24) is 0 Å². The van der Waals surface area contributed by atoms with Crippen LogP contribution in [-0.2, 0) is 0 Å². The standard InChI is InChI=1S/C9H6ClF3S/c10-8-3-1-7(2-4-8)5-6-14-9(11,12)13/h1-6H. The fraction of sp³-hybridized carbons (Fsp3) is 0.111. The van der Waals surface area contributed by atoms with Crippen LogP contribution in [0, 0.1) is 0 Å².